The van der Waals surface area contributed by atoms with Gasteiger partial charge in [-0.3, -0.25) is 4.90 Å². The lowest BCUT2D eigenvalue weighted by Crippen LogP contribution is -2.31. The monoisotopic (exact) mass is 289 g/mol. The minimum atomic E-state index is -0.0512. The second-order valence-corrected chi connectivity index (χ2v) is 5.14. The molecule has 0 saturated carbocycles. The van der Waals surface area contributed by atoms with Crippen molar-refractivity contribution in [3.63, 3.8) is 0 Å². The molecule has 5 heteroatoms. The number of ether oxygens (including phenoxy) is 3. The number of rotatable bonds is 2. The van der Waals surface area contributed by atoms with Crippen LogP contribution in [-0.2, 0) is 6.42 Å². The van der Waals surface area contributed by atoms with Gasteiger partial charge in [0, 0.05) is 18.5 Å². The number of hydrogen-bond acceptors (Lipinski definition) is 5. The predicted octanol–water partition coefficient (Wildman–Crippen LogP) is 1.34. The van der Waals surface area contributed by atoms with Crippen LogP contribution in [0.15, 0.2) is 6.07 Å². The van der Waals surface area contributed by atoms with Crippen LogP contribution in [0, 0.1) is 11.8 Å². The fourth-order valence-electron chi connectivity index (χ4n) is 2.84. The third kappa shape index (κ3) is 2.41. The summed E-state index contributed by atoms with van der Waals surface area (Å²) in [6.45, 7) is 1.23. The molecule has 0 aliphatic carbocycles. The Balaban J connectivity index is 2.10. The topological polar surface area (TPSA) is 51.2 Å². The predicted molar refractivity (Wildman–Crippen MR) is 77.7 cm³/mol. The molecule has 1 aromatic rings. The number of aliphatic hydroxyl groups is 1. The van der Waals surface area contributed by atoms with E-state index in [0.717, 1.165) is 30.0 Å². The van der Waals surface area contributed by atoms with Crippen molar-refractivity contribution in [1.82, 2.24) is 4.90 Å². The van der Waals surface area contributed by atoms with Crippen molar-refractivity contribution in [3.05, 3.63) is 17.2 Å². The Bertz CT molecular complexity index is 603. The molecular weight excluding hydrogens is 270 g/mol. The molecule has 5 nitrogen and oxygen atoms in total. The Morgan fingerprint density at radius 3 is 3.10 bits per heavy atom. The number of methoxy groups -OCH3 is 1. The summed E-state index contributed by atoms with van der Waals surface area (Å²) in [5, 5.41) is 8.91. The lowest BCUT2D eigenvalue weighted by Gasteiger charge is -2.32. The van der Waals surface area contributed by atoms with Crippen LogP contribution < -0.4 is 14.2 Å². The first-order chi connectivity index (χ1) is 10.3. The smallest absolute Gasteiger partial charge is 0.231 e. The molecule has 1 atom stereocenters. The SMILES string of the molecule is COc1c2c(cc3c1C(C#CCCO)N(C)CC3)OCO2. The normalized spacial score (nSPS) is 19.7. The summed E-state index contributed by atoms with van der Waals surface area (Å²) in [6, 6.07) is 1.98. The fourth-order valence-corrected chi connectivity index (χ4v) is 2.84. The zero-order valence-electron chi connectivity index (χ0n) is 12.3. The van der Waals surface area contributed by atoms with Gasteiger partial charge in [0.25, 0.3) is 0 Å². The fraction of sp³-hybridized carbons (Fsp3) is 0.500. The summed E-state index contributed by atoms with van der Waals surface area (Å²) in [4.78, 5) is 2.19. The Morgan fingerprint density at radius 2 is 2.33 bits per heavy atom. The van der Waals surface area contributed by atoms with E-state index in [1.807, 2.05) is 13.1 Å². The third-order valence-electron chi connectivity index (χ3n) is 3.87. The van der Waals surface area contributed by atoms with Crippen molar-refractivity contribution in [1.29, 1.82) is 0 Å². The number of fused-ring (bicyclic) bond motifs is 2. The maximum absolute atomic E-state index is 8.91. The third-order valence-corrected chi connectivity index (χ3v) is 3.87. The van der Waals surface area contributed by atoms with E-state index >= 15 is 0 Å². The summed E-state index contributed by atoms with van der Waals surface area (Å²) in [5.74, 6) is 8.39. The number of hydrogen-bond donors (Lipinski definition) is 1. The molecule has 1 aromatic carbocycles. The first-order valence-corrected chi connectivity index (χ1v) is 7.05. The average Bonchev–Trinajstić information content (AvgIpc) is 2.95. The quantitative estimate of drug-likeness (QED) is 0.833. The van der Waals surface area contributed by atoms with Crippen LogP contribution in [0.4, 0.5) is 0 Å². The molecule has 1 unspecified atom stereocenters. The van der Waals surface area contributed by atoms with Crippen molar-refractivity contribution in [3.8, 4) is 29.1 Å². The Kier molecular flexibility index (Phi) is 3.91. The molecule has 112 valence electrons. The highest BCUT2D eigenvalue weighted by molar-refractivity contribution is 5.62. The second kappa shape index (κ2) is 5.84. The van der Waals surface area contributed by atoms with Crippen LogP contribution in [0.25, 0.3) is 0 Å². The number of benzene rings is 1. The number of nitrogens with zero attached hydrogens (tertiary/aromatic N) is 1. The maximum atomic E-state index is 8.91. The molecule has 0 amide bonds. The van der Waals surface area contributed by atoms with Gasteiger partial charge in [0.15, 0.2) is 11.5 Å². The van der Waals surface area contributed by atoms with Gasteiger partial charge in [0.05, 0.1) is 13.7 Å². The highest BCUT2D eigenvalue weighted by atomic mass is 16.7. The molecule has 0 radical (unpaired) electrons. The van der Waals surface area contributed by atoms with Crippen molar-refractivity contribution < 1.29 is 19.3 Å². The Labute approximate surface area is 124 Å². The Hall–Kier alpha value is -1.90. The van der Waals surface area contributed by atoms with Crippen LogP contribution in [-0.4, -0.2) is 44.1 Å². The standard InChI is InChI=1S/C16H19NO4/c1-17-7-6-11-9-13-15(21-10-20-13)16(19-2)14(11)12(17)5-3-4-8-18/h9,12,18H,4,6-8,10H2,1-2H3. The van der Waals surface area contributed by atoms with Crippen molar-refractivity contribution in [2.45, 2.75) is 18.9 Å². The molecule has 0 aromatic heterocycles. The first-order valence-electron chi connectivity index (χ1n) is 7.05. The summed E-state index contributed by atoms with van der Waals surface area (Å²) in [7, 11) is 3.69. The molecule has 0 spiro atoms. The summed E-state index contributed by atoms with van der Waals surface area (Å²) in [5.41, 5.74) is 2.25. The summed E-state index contributed by atoms with van der Waals surface area (Å²) < 4.78 is 16.6. The second-order valence-electron chi connectivity index (χ2n) is 5.14. The van der Waals surface area contributed by atoms with Gasteiger partial charge in [0.1, 0.15) is 6.04 Å². The molecule has 3 rings (SSSR count). The van der Waals surface area contributed by atoms with E-state index < -0.39 is 0 Å². The van der Waals surface area contributed by atoms with Gasteiger partial charge < -0.3 is 19.3 Å². The minimum absolute atomic E-state index is 0.0512. The van der Waals surface area contributed by atoms with Crippen LogP contribution >= 0.6 is 0 Å². The first kappa shape index (κ1) is 14.1. The number of aliphatic hydroxyl groups excluding tert-OH is 1. The van der Waals surface area contributed by atoms with Crippen molar-refractivity contribution in [2.24, 2.45) is 0 Å². The van der Waals surface area contributed by atoms with Gasteiger partial charge in [-0.2, -0.15) is 0 Å². The zero-order valence-corrected chi connectivity index (χ0v) is 12.3. The molecule has 2 aliphatic heterocycles. The van der Waals surface area contributed by atoms with Gasteiger partial charge in [-0.25, -0.2) is 0 Å². The van der Waals surface area contributed by atoms with Crippen LogP contribution in [0.5, 0.6) is 17.2 Å². The van der Waals surface area contributed by atoms with E-state index in [1.165, 1.54) is 5.56 Å². The summed E-state index contributed by atoms with van der Waals surface area (Å²) >= 11 is 0. The highest BCUT2D eigenvalue weighted by Gasteiger charge is 2.33. The molecular formula is C16H19NO4. The lowest BCUT2D eigenvalue weighted by atomic mass is 9.91. The van der Waals surface area contributed by atoms with Crippen molar-refractivity contribution >= 4 is 0 Å². The van der Waals surface area contributed by atoms with E-state index in [-0.39, 0.29) is 19.4 Å². The molecule has 0 fully saturated rings. The summed E-state index contributed by atoms with van der Waals surface area (Å²) in [6.07, 6.45) is 1.41. The minimum Gasteiger partial charge on any atom is -0.492 e. The van der Waals surface area contributed by atoms with Crippen LogP contribution in [0.2, 0.25) is 0 Å². The van der Waals surface area contributed by atoms with E-state index in [4.69, 9.17) is 19.3 Å². The van der Waals surface area contributed by atoms with Crippen molar-refractivity contribution in [2.75, 3.05) is 34.1 Å². The zero-order chi connectivity index (χ0) is 14.8. The maximum Gasteiger partial charge on any atom is 0.231 e. The molecule has 0 bridgehead atoms. The van der Waals surface area contributed by atoms with Gasteiger partial charge in [-0.15, -0.1) is 0 Å². The van der Waals surface area contributed by atoms with E-state index in [9.17, 15) is 0 Å². The Morgan fingerprint density at radius 1 is 1.48 bits per heavy atom. The lowest BCUT2D eigenvalue weighted by molar-refractivity contribution is 0.171. The highest BCUT2D eigenvalue weighted by Crippen LogP contribution is 2.49. The van der Waals surface area contributed by atoms with Gasteiger partial charge in [0.2, 0.25) is 12.5 Å². The van der Waals surface area contributed by atoms with Gasteiger partial charge in [-0.1, -0.05) is 11.8 Å². The van der Waals surface area contributed by atoms with E-state index in [1.54, 1.807) is 7.11 Å². The molecule has 2 heterocycles. The van der Waals surface area contributed by atoms with E-state index in [0.29, 0.717) is 12.2 Å². The molecule has 2 aliphatic rings. The van der Waals surface area contributed by atoms with Crippen LogP contribution in [0.3, 0.4) is 0 Å². The largest absolute Gasteiger partial charge is 0.492 e. The number of likely N-dealkylation sites (N-methyl/N-ethyl adjacent to an activating group) is 1. The molecule has 1 N–H and O–H groups in total. The molecule has 0 saturated heterocycles. The molecule has 21 heavy (non-hydrogen) atoms. The van der Waals surface area contributed by atoms with E-state index in [2.05, 4.69) is 16.7 Å². The average molecular weight is 289 g/mol. The van der Waals surface area contributed by atoms with Gasteiger partial charge >= 0.3 is 0 Å². The van der Waals surface area contributed by atoms with Crippen LogP contribution in [0.1, 0.15) is 23.6 Å². The van der Waals surface area contributed by atoms with Gasteiger partial charge in [-0.05, 0) is 25.1 Å².